The minimum absolute atomic E-state index is 0.128. The number of nitrogens with one attached hydrogen (secondary N) is 2. The van der Waals surface area contributed by atoms with Crippen molar-refractivity contribution in [2.75, 3.05) is 39.3 Å². The van der Waals surface area contributed by atoms with E-state index in [0.717, 1.165) is 5.56 Å². The van der Waals surface area contributed by atoms with Gasteiger partial charge in [-0.25, -0.2) is 13.1 Å². The Labute approximate surface area is 183 Å². The van der Waals surface area contributed by atoms with Crippen molar-refractivity contribution < 1.29 is 27.4 Å². The summed E-state index contributed by atoms with van der Waals surface area (Å²) in [5.74, 6) is 0.815. The van der Waals surface area contributed by atoms with Crippen molar-refractivity contribution in [2.24, 2.45) is 0 Å². The van der Waals surface area contributed by atoms with E-state index in [2.05, 4.69) is 10.0 Å². The highest BCUT2D eigenvalue weighted by Crippen LogP contribution is 2.28. The molecule has 0 bridgehead atoms. The third-order valence-electron chi connectivity index (χ3n) is 4.23. The Balaban J connectivity index is 1.93. The molecule has 0 spiro atoms. The summed E-state index contributed by atoms with van der Waals surface area (Å²) in [5.41, 5.74) is 1.25. The van der Waals surface area contributed by atoms with Gasteiger partial charge < -0.3 is 19.5 Å². The largest absolute Gasteiger partial charge is 0.493 e. The first kappa shape index (κ1) is 24.4. The van der Waals surface area contributed by atoms with Gasteiger partial charge in [-0.2, -0.15) is 0 Å². The van der Waals surface area contributed by atoms with Gasteiger partial charge >= 0.3 is 0 Å². The van der Waals surface area contributed by atoms with Crippen LogP contribution in [0.3, 0.4) is 0 Å². The topological polar surface area (TPSA) is 103 Å². The second-order valence-electron chi connectivity index (χ2n) is 6.41. The molecule has 1 amide bonds. The van der Waals surface area contributed by atoms with Gasteiger partial charge in [-0.15, -0.1) is 0 Å². The number of benzene rings is 2. The van der Waals surface area contributed by atoms with Crippen LogP contribution in [-0.2, 0) is 19.6 Å². The third-order valence-corrected chi connectivity index (χ3v) is 5.71. The maximum absolute atomic E-state index is 12.3. The van der Waals surface area contributed by atoms with Crippen molar-refractivity contribution in [1.82, 2.24) is 4.72 Å². The zero-order valence-electron chi connectivity index (χ0n) is 17.9. The number of methoxy groups -OCH3 is 2. The third kappa shape index (κ3) is 7.71. The molecule has 9 heteroatoms. The fourth-order valence-corrected chi connectivity index (χ4v) is 3.71. The summed E-state index contributed by atoms with van der Waals surface area (Å²) in [6.45, 7) is 3.28. The predicted molar refractivity (Wildman–Crippen MR) is 120 cm³/mol. The molecule has 31 heavy (non-hydrogen) atoms. The lowest BCUT2D eigenvalue weighted by Crippen LogP contribution is -2.25. The monoisotopic (exact) mass is 448 g/mol. The number of amides is 1. The Morgan fingerprint density at radius 3 is 2.39 bits per heavy atom. The highest BCUT2D eigenvalue weighted by Gasteiger charge is 2.13. The van der Waals surface area contributed by atoms with Crippen LogP contribution in [0.15, 0.2) is 53.4 Å². The number of carbonyl (C=O) groups is 1. The van der Waals surface area contributed by atoms with E-state index in [0.29, 0.717) is 43.4 Å². The normalized spacial score (nSPS) is 11.5. The quantitative estimate of drug-likeness (QED) is 0.382. The maximum Gasteiger partial charge on any atom is 0.248 e. The van der Waals surface area contributed by atoms with Crippen LogP contribution in [0.25, 0.3) is 6.08 Å². The van der Waals surface area contributed by atoms with Gasteiger partial charge in [0.25, 0.3) is 0 Å². The van der Waals surface area contributed by atoms with E-state index >= 15 is 0 Å². The molecule has 2 aromatic carbocycles. The second kappa shape index (κ2) is 12.1. The number of rotatable bonds is 12. The standard InChI is InChI=1S/C22H28N2O6S/c1-4-30-15-5-14-23-31(26,27)19-10-8-18(9-11-19)24-22(25)13-7-17-6-12-20(28-2)21(16-17)29-3/h6-13,16,23H,4-5,14-15H2,1-3H3,(H,24,25). The predicted octanol–water partition coefficient (Wildman–Crippen LogP) is 3.06. The summed E-state index contributed by atoms with van der Waals surface area (Å²) in [5, 5.41) is 2.69. The van der Waals surface area contributed by atoms with Gasteiger partial charge in [0.15, 0.2) is 11.5 Å². The molecule has 0 aliphatic rings. The van der Waals surface area contributed by atoms with Gasteiger partial charge in [-0.3, -0.25) is 4.79 Å². The summed E-state index contributed by atoms with van der Waals surface area (Å²) in [4.78, 5) is 12.3. The van der Waals surface area contributed by atoms with E-state index in [1.807, 2.05) is 6.92 Å². The summed E-state index contributed by atoms with van der Waals surface area (Å²) in [6, 6.07) is 11.3. The molecule has 0 radical (unpaired) electrons. The first-order valence-corrected chi connectivity index (χ1v) is 11.3. The molecule has 2 rings (SSSR count). The Bertz CT molecular complexity index is 988. The summed E-state index contributed by atoms with van der Waals surface area (Å²) in [7, 11) is -0.514. The molecule has 0 saturated carbocycles. The molecule has 2 N–H and O–H groups in total. The lowest BCUT2D eigenvalue weighted by molar-refractivity contribution is -0.111. The van der Waals surface area contributed by atoms with E-state index in [4.69, 9.17) is 14.2 Å². The van der Waals surface area contributed by atoms with Crippen molar-refractivity contribution in [1.29, 1.82) is 0 Å². The zero-order chi connectivity index (χ0) is 22.7. The summed E-state index contributed by atoms with van der Waals surface area (Å²) >= 11 is 0. The van der Waals surface area contributed by atoms with Gasteiger partial charge in [0.1, 0.15) is 0 Å². The Morgan fingerprint density at radius 2 is 1.74 bits per heavy atom. The van der Waals surface area contributed by atoms with Crippen LogP contribution in [0.5, 0.6) is 11.5 Å². The molecule has 8 nitrogen and oxygen atoms in total. The molecule has 2 aromatic rings. The highest BCUT2D eigenvalue weighted by molar-refractivity contribution is 7.89. The molecule has 0 aromatic heterocycles. The fourth-order valence-electron chi connectivity index (χ4n) is 2.64. The van der Waals surface area contributed by atoms with Crippen molar-refractivity contribution >= 4 is 27.7 Å². The summed E-state index contributed by atoms with van der Waals surface area (Å²) in [6.07, 6.45) is 3.61. The lowest BCUT2D eigenvalue weighted by atomic mass is 10.2. The number of sulfonamides is 1. The van der Waals surface area contributed by atoms with Crippen LogP contribution in [0.1, 0.15) is 18.9 Å². The fraction of sp³-hybridized carbons (Fsp3) is 0.318. The molecular weight excluding hydrogens is 420 g/mol. The van der Waals surface area contributed by atoms with Gasteiger partial charge in [-0.1, -0.05) is 6.07 Å². The van der Waals surface area contributed by atoms with Gasteiger partial charge in [0, 0.05) is 31.5 Å². The van der Waals surface area contributed by atoms with E-state index < -0.39 is 10.0 Å². The van der Waals surface area contributed by atoms with Crippen LogP contribution < -0.4 is 19.5 Å². The first-order chi connectivity index (χ1) is 14.9. The van der Waals surface area contributed by atoms with Crippen LogP contribution >= 0.6 is 0 Å². The van der Waals surface area contributed by atoms with Crippen LogP contribution in [0, 0.1) is 0 Å². The molecular formula is C22H28N2O6S. The number of hydrogen-bond acceptors (Lipinski definition) is 6. The van der Waals surface area contributed by atoms with Crippen LogP contribution in [0.4, 0.5) is 5.69 Å². The molecule has 0 saturated heterocycles. The Hall–Kier alpha value is -2.88. The molecule has 0 unspecified atom stereocenters. The second-order valence-corrected chi connectivity index (χ2v) is 8.18. The minimum Gasteiger partial charge on any atom is -0.493 e. The average Bonchev–Trinajstić information content (AvgIpc) is 2.77. The van der Waals surface area contributed by atoms with Gasteiger partial charge in [0.2, 0.25) is 15.9 Å². The lowest BCUT2D eigenvalue weighted by Gasteiger charge is -2.08. The number of carbonyl (C=O) groups excluding carboxylic acids is 1. The van der Waals surface area contributed by atoms with Gasteiger partial charge in [0.05, 0.1) is 19.1 Å². The SMILES string of the molecule is CCOCCCNS(=O)(=O)c1ccc(NC(=O)C=Cc2ccc(OC)c(OC)c2)cc1. The number of hydrogen-bond donors (Lipinski definition) is 2. The number of anilines is 1. The zero-order valence-corrected chi connectivity index (χ0v) is 18.7. The highest BCUT2D eigenvalue weighted by atomic mass is 32.2. The van der Waals surface area contributed by atoms with E-state index in [1.165, 1.54) is 37.5 Å². The summed E-state index contributed by atoms with van der Waals surface area (Å²) < 4.78 is 42.7. The Morgan fingerprint density at radius 1 is 1.03 bits per heavy atom. The van der Waals surface area contributed by atoms with Crippen molar-refractivity contribution in [2.45, 2.75) is 18.2 Å². The van der Waals surface area contributed by atoms with Crippen molar-refractivity contribution in [3.63, 3.8) is 0 Å². The molecule has 0 atom stereocenters. The van der Waals surface area contributed by atoms with Crippen molar-refractivity contribution in [3.05, 3.63) is 54.1 Å². The van der Waals surface area contributed by atoms with Crippen LogP contribution in [0.2, 0.25) is 0 Å². The van der Waals surface area contributed by atoms with E-state index in [9.17, 15) is 13.2 Å². The van der Waals surface area contributed by atoms with E-state index in [-0.39, 0.29) is 10.8 Å². The first-order valence-electron chi connectivity index (χ1n) is 9.78. The number of ether oxygens (including phenoxy) is 3. The molecule has 0 fully saturated rings. The minimum atomic E-state index is -3.61. The molecule has 168 valence electrons. The maximum atomic E-state index is 12.3. The Kier molecular flexibility index (Phi) is 9.51. The van der Waals surface area contributed by atoms with Crippen LogP contribution in [-0.4, -0.2) is 48.3 Å². The smallest absolute Gasteiger partial charge is 0.248 e. The average molecular weight is 449 g/mol. The van der Waals surface area contributed by atoms with Crippen molar-refractivity contribution in [3.8, 4) is 11.5 Å². The molecule has 0 heterocycles. The van der Waals surface area contributed by atoms with E-state index in [1.54, 1.807) is 31.4 Å². The van der Waals surface area contributed by atoms with Gasteiger partial charge in [-0.05, 0) is 61.4 Å². The molecule has 0 aliphatic heterocycles. The molecule has 0 aliphatic carbocycles.